The van der Waals surface area contributed by atoms with Crippen LogP contribution < -0.4 is 0 Å². The van der Waals surface area contributed by atoms with Crippen molar-refractivity contribution in [2.24, 2.45) is 0 Å². The summed E-state index contributed by atoms with van der Waals surface area (Å²) in [5.41, 5.74) is 3.35. The Hall–Kier alpha value is -3.05. The van der Waals surface area contributed by atoms with E-state index in [1.165, 1.54) is 11.8 Å². The fraction of sp³-hybridized carbons (Fsp3) is 0.0476. The predicted molar refractivity (Wildman–Crippen MR) is 108 cm³/mol. The summed E-state index contributed by atoms with van der Waals surface area (Å²) in [5, 5.41) is 19.8. The van der Waals surface area contributed by atoms with E-state index in [4.69, 9.17) is 0 Å². The first-order chi connectivity index (χ1) is 12.6. The third-order valence-electron chi connectivity index (χ3n) is 3.56. The molecule has 3 aromatic rings. The zero-order valence-corrected chi connectivity index (χ0v) is 15.0. The highest BCUT2D eigenvalue weighted by Gasteiger charge is 2.01. The van der Waals surface area contributed by atoms with Gasteiger partial charge in [0.2, 0.25) is 0 Å². The predicted octanol–water partition coefficient (Wildman–Crippen LogP) is 4.95. The maximum Gasteiger partial charge on any atom is 0.188 e. The third-order valence-corrected chi connectivity index (χ3v) is 4.11. The van der Waals surface area contributed by atoms with Crippen LogP contribution in [0.25, 0.3) is 24.3 Å². The van der Waals surface area contributed by atoms with Gasteiger partial charge in [-0.1, -0.05) is 48.2 Å². The van der Waals surface area contributed by atoms with Crippen molar-refractivity contribution in [3.05, 3.63) is 77.1 Å². The molecule has 5 heteroatoms. The molecule has 1 heterocycles. The molecule has 0 atom stereocenters. The van der Waals surface area contributed by atoms with Crippen molar-refractivity contribution in [1.82, 2.24) is 9.97 Å². The van der Waals surface area contributed by atoms with E-state index in [2.05, 4.69) is 9.97 Å². The topological polar surface area (TPSA) is 66.2 Å². The molecule has 3 rings (SSSR count). The van der Waals surface area contributed by atoms with Gasteiger partial charge >= 0.3 is 0 Å². The largest absolute Gasteiger partial charge is 0.508 e. The monoisotopic (exact) mass is 362 g/mol. The van der Waals surface area contributed by atoms with Gasteiger partial charge in [-0.05, 0) is 59.9 Å². The van der Waals surface area contributed by atoms with E-state index in [1.54, 1.807) is 36.4 Å². The van der Waals surface area contributed by atoms with Gasteiger partial charge in [0.15, 0.2) is 5.16 Å². The van der Waals surface area contributed by atoms with Crippen LogP contribution in [0.2, 0.25) is 0 Å². The van der Waals surface area contributed by atoms with Crippen LogP contribution in [0.15, 0.2) is 59.8 Å². The fourth-order valence-corrected chi connectivity index (χ4v) is 2.74. The van der Waals surface area contributed by atoms with E-state index in [1.807, 2.05) is 48.8 Å². The van der Waals surface area contributed by atoms with Gasteiger partial charge < -0.3 is 10.2 Å². The minimum absolute atomic E-state index is 0.231. The van der Waals surface area contributed by atoms with E-state index < -0.39 is 0 Å². The van der Waals surface area contributed by atoms with Crippen molar-refractivity contribution in [3.8, 4) is 11.5 Å². The zero-order valence-electron chi connectivity index (χ0n) is 14.2. The van der Waals surface area contributed by atoms with Crippen molar-refractivity contribution in [2.75, 3.05) is 6.26 Å². The van der Waals surface area contributed by atoms with Gasteiger partial charge in [-0.15, -0.1) is 0 Å². The SMILES string of the molecule is CSc1nc(C=Cc2cccc(O)c2)cc(C=Cc2cccc(O)c2)n1. The summed E-state index contributed by atoms with van der Waals surface area (Å²) in [4.78, 5) is 8.97. The molecule has 130 valence electrons. The number of rotatable bonds is 5. The molecule has 2 aromatic carbocycles. The summed E-state index contributed by atoms with van der Waals surface area (Å²) in [6.07, 6.45) is 9.51. The van der Waals surface area contributed by atoms with Crippen LogP contribution in [0.5, 0.6) is 11.5 Å². The number of hydrogen-bond acceptors (Lipinski definition) is 5. The number of hydrogen-bond donors (Lipinski definition) is 2. The average molecular weight is 362 g/mol. The number of benzene rings is 2. The van der Waals surface area contributed by atoms with Crippen LogP contribution in [0.1, 0.15) is 22.5 Å². The molecule has 26 heavy (non-hydrogen) atoms. The Bertz CT molecular complexity index is 894. The lowest BCUT2D eigenvalue weighted by Crippen LogP contribution is -1.92. The van der Waals surface area contributed by atoms with Crippen molar-refractivity contribution in [1.29, 1.82) is 0 Å². The normalized spacial score (nSPS) is 11.4. The van der Waals surface area contributed by atoms with Crippen LogP contribution in [-0.4, -0.2) is 26.4 Å². The van der Waals surface area contributed by atoms with Gasteiger partial charge in [0.1, 0.15) is 11.5 Å². The molecule has 4 nitrogen and oxygen atoms in total. The highest BCUT2D eigenvalue weighted by Crippen LogP contribution is 2.18. The maximum absolute atomic E-state index is 9.54. The number of aromatic nitrogens is 2. The van der Waals surface area contributed by atoms with Gasteiger partial charge in [-0.25, -0.2) is 9.97 Å². The Kier molecular flexibility index (Phi) is 5.71. The summed E-state index contributed by atoms with van der Waals surface area (Å²) < 4.78 is 0. The first-order valence-electron chi connectivity index (χ1n) is 8.00. The lowest BCUT2D eigenvalue weighted by molar-refractivity contribution is 0.474. The summed E-state index contributed by atoms with van der Waals surface area (Å²) in [6.45, 7) is 0. The van der Waals surface area contributed by atoms with Gasteiger partial charge in [0.05, 0.1) is 11.4 Å². The number of nitrogens with zero attached hydrogens (tertiary/aromatic N) is 2. The van der Waals surface area contributed by atoms with Gasteiger partial charge in [-0.2, -0.15) is 0 Å². The first kappa shape index (κ1) is 17.8. The molecular formula is C21H18N2O2S. The highest BCUT2D eigenvalue weighted by molar-refractivity contribution is 7.98. The molecule has 0 fully saturated rings. The number of phenols is 2. The third kappa shape index (κ3) is 4.97. The van der Waals surface area contributed by atoms with Crippen LogP contribution in [0.4, 0.5) is 0 Å². The van der Waals surface area contributed by atoms with Gasteiger partial charge in [0, 0.05) is 0 Å². The zero-order chi connectivity index (χ0) is 18.4. The lowest BCUT2D eigenvalue weighted by Gasteiger charge is -2.02. The van der Waals surface area contributed by atoms with E-state index in [0.717, 1.165) is 22.5 Å². The van der Waals surface area contributed by atoms with Gasteiger partial charge in [-0.3, -0.25) is 0 Å². The molecule has 0 amide bonds. The average Bonchev–Trinajstić information content (AvgIpc) is 2.65. The summed E-state index contributed by atoms with van der Waals surface area (Å²) in [5.74, 6) is 0.462. The molecule has 0 aliphatic rings. The number of thioether (sulfide) groups is 1. The van der Waals surface area contributed by atoms with Crippen LogP contribution in [0.3, 0.4) is 0 Å². The first-order valence-corrected chi connectivity index (χ1v) is 9.22. The van der Waals surface area contributed by atoms with Crippen molar-refractivity contribution >= 4 is 36.1 Å². The Morgan fingerprint density at radius 2 is 1.23 bits per heavy atom. The second kappa shape index (κ2) is 8.36. The Morgan fingerprint density at radius 1 is 0.731 bits per heavy atom. The van der Waals surface area contributed by atoms with Crippen LogP contribution in [0, 0.1) is 0 Å². The summed E-state index contributed by atoms with van der Waals surface area (Å²) in [6, 6.07) is 16.0. The van der Waals surface area contributed by atoms with Gasteiger partial charge in [0.25, 0.3) is 0 Å². The van der Waals surface area contributed by atoms with E-state index in [9.17, 15) is 10.2 Å². The maximum atomic E-state index is 9.54. The molecule has 0 bridgehead atoms. The standard InChI is InChI=1S/C21H18N2O2S/c1-26-21-22-17(10-8-15-4-2-6-19(24)12-15)14-18(23-21)11-9-16-5-3-7-20(25)13-16/h2-14,24-25H,1H3. The minimum atomic E-state index is 0.231. The quantitative estimate of drug-likeness (QED) is 0.496. The molecule has 0 spiro atoms. The van der Waals surface area contributed by atoms with E-state index in [-0.39, 0.29) is 11.5 Å². The van der Waals surface area contributed by atoms with Crippen molar-refractivity contribution < 1.29 is 10.2 Å². The van der Waals surface area contributed by atoms with Crippen molar-refractivity contribution in [3.63, 3.8) is 0 Å². The Labute approximate surface area is 156 Å². The lowest BCUT2D eigenvalue weighted by atomic mass is 10.1. The van der Waals surface area contributed by atoms with E-state index in [0.29, 0.717) is 5.16 Å². The Balaban J connectivity index is 1.86. The highest BCUT2D eigenvalue weighted by atomic mass is 32.2. The molecular weight excluding hydrogens is 344 g/mol. The summed E-state index contributed by atoms with van der Waals surface area (Å²) >= 11 is 1.48. The molecule has 2 N–H and O–H groups in total. The number of phenolic OH excluding ortho intramolecular Hbond substituents is 2. The van der Waals surface area contributed by atoms with Crippen LogP contribution in [-0.2, 0) is 0 Å². The second-order valence-electron chi connectivity index (χ2n) is 5.56. The molecule has 0 unspecified atom stereocenters. The Morgan fingerprint density at radius 3 is 1.65 bits per heavy atom. The molecule has 0 aliphatic heterocycles. The van der Waals surface area contributed by atoms with Crippen molar-refractivity contribution in [2.45, 2.75) is 5.16 Å². The second-order valence-corrected chi connectivity index (χ2v) is 6.33. The smallest absolute Gasteiger partial charge is 0.188 e. The molecule has 0 radical (unpaired) electrons. The van der Waals surface area contributed by atoms with E-state index >= 15 is 0 Å². The fourth-order valence-electron chi connectivity index (χ4n) is 2.34. The minimum Gasteiger partial charge on any atom is -0.508 e. The van der Waals surface area contributed by atoms with Crippen LogP contribution >= 0.6 is 11.8 Å². The number of aromatic hydroxyl groups is 2. The summed E-state index contributed by atoms with van der Waals surface area (Å²) in [7, 11) is 0. The molecule has 0 aliphatic carbocycles. The molecule has 0 saturated heterocycles. The molecule has 0 saturated carbocycles. The molecule has 1 aromatic heterocycles.